The molecule has 1 atom stereocenters. The van der Waals surface area contributed by atoms with E-state index >= 15 is 0 Å². The van der Waals surface area contributed by atoms with E-state index in [-0.39, 0.29) is 11.3 Å². The smallest absolute Gasteiger partial charge is 0.339 e. The molecule has 3 N–H and O–H groups in total. The number of fused-ring (bicyclic) bond motifs is 3. The van der Waals surface area contributed by atoms with Crippen molar-refractivity contribution in [2.45, 2.75) is 38.1 Å². The van der Waals surface area contributed by atoms with Gasteiger partial charge in [0.2, 0.25) is 5.88 Å². The first-order valence-electron chi connectivity index (χ1n) is 13.5. The van der Waals surface area contributed by atoms with Gasteiger partial charge in [0.1, 0.15) is 23.2 Å². The van der Waals surface area contributed by atoms with E-state index in [1.54, 1.807) is 6.20 Å². The first kappa shape index (κ1) is 24.7. The monoisotopic (exact) mass is 515 g/mol. The largest absolute Gasteiger partial charge is 0.507 e. The van der Waals surface area contributed by atoms with Crippen LogP contribution in [0.5, 0.6) is 11.6 Å². The summed E-state index contributed by atoms with van der Waals surface area (Å²) in [4.78, 5) is 19.1. The number of hydrogen-bond acceptors (Lipinski definition) is 7. The zero-order valence-electron chi connectivity index (χ0n) is 21.4. The van der Waals surface area contributed by atoms with Gasteiger partial charge in [-0.25, -0.2) is 9.78 Å². The fourth-order valence-corrected chi connectivity index (χ4v) is 6.13. The Morgan fingerprint density at radius 1 is 1.13 bits per heavy atom. The molecule has 38 heavy (non-hydrogen) atoms. The molecule has 3 heterocycles. The van der Waals surface area contributed by atoms with Crippen LogP contribution in [0.4, 0.5) is 0 Å². The molecule has 0 radical (unpaired) electrons. The number of nitrogens with zero attached hydrogens (tertiary/aromatic N) is 2. The second kappa shape index (κ2) is 10.6. The van der Waals surface area contributed by atoms with Gasteiger partial charge in [-0.15, -0.1) is 0 Å². The normalized spacial score (nSPS) is 18.1. The van der Waals surface area contributed by atoms with Crippen LogP contribution >= 0.6 is 0 Å². The van der Waals surface area contributed by atoms with Crippen LogP contribution in [-0.2, 0) is 0 Å². The first-order chi connectivity index (χ1) is 18.6. The Balaban J connectivity index is 1.50. The van der Waals surface area contributed by atoms with Crippen molar-refractivity contribution >= 4 is 27.7 Å². The van der Waals surface area contributed by atoms with Crippen molar-refractivity contribution in [1.82, 2.24) is 15.2 Å². The van der Waals surface area contributed by atoms with Crippen molar-refractivity contribution in [3.8, 4) is 11.6 Å². The number of rotatable bonds is 7. The number of carboxylic acids is 1. The Morgan fingerprint density at radius 3 is 2.66 bits per heavy atom. The fourth-order valence-electron chi connectivity index (χ4n) is 6.13. The molecule has 1 aliphatic carbocycles. The Morgan fingerprint density at radius 2 is 1.89 bits per heavy atom. The molecule has 2 fully saturated rings. The lowest BCUT2D eigenvalue weighted by Crippen LogP contribution is -2.45. The molecule has 0 bridgehead atoms. The summed E-state index contributed by atoms with van der Waals surface area (Å²) < 4.78 is 12.0. The number of ether oxygens (including phenoxy) is 1. The molecule has 2 aromatic heterocycles. The number of nitrogens with one attached hydrogen (secondary N) is 1. The van der Waals surface area contributed by atoms with Gasteiger partial charge in [-0.05, 0) is 30.4 Å². The third-order valence-electron chi connectivity index (χ3n) is 8.03. The van der Waals surface area contributed by atoms with Crippen molar-refractivity contribution in [3.05, 3.63) is 65.5 Å². The maximum Gasteiger partial charge on any atom is 0.339 e. The van der Waals surface area contributed by atoms with Crippen molar-refractivity contribution in [2.24, 2.45) is 5.92 Å². The molecule has 6 rings (SSSR count). The summed E-state index contributed by atoms with van der Waals surface area (Å²) in [5, 5.41) is 27.0. The van der Waals surface area contributed by atoms with Crippen LogP contribution in [0.2, 0.25) is 0 Å². The second-order valence-electron chi connectivity index (χ2n) is 10.4. The van der Waals surface area contributed by atoms with Gasteiger partial charge >= 0.3 is 5.97 Å². The summed E-state index contributed by atoms with van der Waals surface area (Å²) in [5.41, 5.74) is 1.94. The molecule has 8 heteroatoms. The van der Waals surface area contributed by atoms with Crippen molar-refractivity contribution < 1.29 is 24.2 Å². The Bertz CT molecular complexity index is 1450. The first-order valence-corrected chi connectivity index (χ1v) is 13.5. The van der Waals surface area contributed by atoms with E-state index in [1.807, 2.05) is 36.4 Å². The van der Waals surface area contributed by atoms with Crippen LogP contribution in [0.15, 0.2) is 53.3 Å². The highest BCUT2D eigenvalue weighted by molar-refractivity contribution is 6.15. The van der Waals surface area contributed by atoms with E-state index in [2.05, 4.69) is 15.2 Å². The summed E-state index contributed by atoms with van der Waals surface area (Å²) in [6, 6.07) is 10.9. The number of phenolic OH excluding ortho intramolecular Hbond substituents is 1. The third kappa shape index (κ3) is 4.59. The molecule has 1 saturated heterocycles. The van der Waals surface area contributed by atoms with Gasteiger partial charge < -0.3 is 24.7 Å². The number of piperazine rings is 1. The average Bonchev–Trinajstić information content (AvgIpc) is 3.41. The maximum atomic E-state index is 12.3. The number of hydrogen-bond donors (Lipinski definition) is 3. The number of carboxylic acid groups (broad SMARTS) is 1. The zero-order chi connectivity index (χ0) is 26.1. The van der Waals surface area contributed by atoms with E-state index in [1.165, 1.54) is 38.4 Å². The lowest BCUT2D eigenvalue weighted by Gasteiger charge is -2.36. The number of aromatic hydroxyl groups is 1. The highest BCUT2D eigenvalue weighted by Crippen LogP contribution is 2.46. The predicted molar refractivity (Wildman–Crippen MR) is 145 cm³/mol. The molecular weight excluding hydrogens is 482 g/mol. The Labute approximate surface area is 221 Å². The van der Waals surface area contributed by atoms with E-state index in [0.29, 0.717) is 45.7 Å². The molecule has 0 spiro atoms. The van der Waals surface area contributed by atoms with E-state index in [0.717, 1.165) is 31.7 Å². The Hall–Kier alpha value is -3.62. The van der Waals surface area contributed by atoms with Gasteiger partial charge in [0.25, 0.3) is 0 Å². The highest BCUT2D eigenvalue weighted by Gasteiger charge is 2.33. The number of phenols is 1. The molecule has 1 unspecified atom stereocenters. The molecule has 2 aromatic carbocycles. The van der Waals surface area contributed by atoms with E-state index in [4.69, 9.17) is 9.15 Å². The molecule has 2 aliphatic rings. The van der Waals surface area contributed by atoms with Crippen molar-refractivity contribution in [1.29, 1.82) is 0 Å². The molecule has 1 aliphatic heterocycles. The van der Waals surface area contributed by atoms with Crippen molar-refractivity contribution in [2.75, 3.05) is 32.8 Å². The minimum absolute atomic E-state index is 0.0408. The number of aromatic nitrogens is 1. The van der Waals surface area contributed by atoms with Crippen LogP contribution in [0, 0.1) is 5.92 Å². The molecule has 198 valence electrons. The van der Waals surface area contributed by atoms with Crippen molar-refractivity contribution in [3.63, 3.8) is 0 Å². The summed E-state index contributed by atoms with van der Waals surface area (Å²) in [5.74, 6) is 0.0776. The number of carbonyl (C=O) groups is 1. The number of benzene rings is 2. The minimum Gasteiger partial charge on any atom is -0.507 e. The topological polar surface area (TPSA) is 108 Å². The molecule has 4 aromatic rings. The average molecular weight is 516 g/mol. The SMILES string of the molecule is O=C(O)c1coc2c1c(C(c1ccnc(OCC3CCCCC3)c1)N1CCNCC1)c(O)c1ccccc12. The summed E-state index contributed by atoms with van der Waals surface area (Å²) >= 11 is 0. The van der Waals surface area contributed by atoms with Crippen LogP contribution in [0.25, 0.3) is 21.7 Å². The number of aromatic carboxylic acids is 1. The van der Waals surface area contributed by atoms with Gasteiger partial charge in [0, 0.05) is 60.2 Å². The van der Waals surface area contributed by atoms with Crippen LogP contribution in [-0.4, -0.2) is 58.9 Å². The third-order valence-corrected chi connectivity index (χ3v) is 8.03. The lowest BCUT2D eigenvalue weighted by molar-refractivity contribution is 0.0698. The fraction of sp³-hybridized carbons (Fsp3) is 0.400. The van der Waals surface area contributed by atoms with E-state index in [9.17, 15) is 15.0 Å². The highest BCUT2D eigenvalue weighted by atomic mass is 16.5. The molecule has 8 nitrogen and oxygen atoms in total. The molecule has 0 amide bonds. The lowest BCUT2D eigenvalue weighted by atomic mass is 9.89. The van der Waals surface area contributed by atoms with Crippen LogP contribution < -0.4 is 10.1 Å². The summed E-state index contributed by atoms with van der Waals surface area (Å²) in [6.45, 7) is 3.70. The number of pyridine rings is 1. The summed E-state index contributed by atoms with van der Waals surface area (Å²) in [7, 11) is 0. The minimum atomic E-state index is -1.09. The quantitative estimate of drug-likeness (QED) is 0.303. The zero-order valence-corrected chi connectivity index (χ0v) is 21.4. The van der Waals surface area contributed by atoms with E-state index < -0.39 is 12.0 Å². The number of furan rings is 1. The molecule has 1 saturated carbocycles. The maximum absolute atomic E-state index is 12.3. The van der Waals surface area contributed by atoms with Gasteiger partial charge in [-0.3, -0.25) is 4.90 Å². The Kier molecular flexibility index (Phi) is 6.91. The van der Waals surface area contributed by atoms with Gasteiger partial charge in [0.15, 0.2) is 0 Å². The standard InChI is InChI=1S/C30H33N3O5/c34-28-21-8-4-5-9-22(21)29-25(23(18-38-29)30(35)36)26(28)27(33-14-12-31-13-15-33)20-10-11-32-24(16-20)37-17-19-6-2-1-3-7-19/h4-5,8-11,16,18-19,27,31,34H,1-3,6-7,12-15,17H2,(H,35,36). The van der Waals surface area contributed by atoms with Gasteiger partial charge in [-0.2, -0.15) is 0 Å². The molecular formula is C30H33N3O5. The van der Waals surface area contributed by atoms with Crippen LogP contribution in [0.1, 0.15) is 59.6 Å². The van der Waals surface area contributed by atoms with Gasteiger partial charge in [-0.1, -0.05) is 43.5 Å². The second-order valence-corrected chi connectivity index (χ2v) is 10.4. The van der Waals surface area contributed by atoms with Gasteiger partial charge in [0.05, 0.1) is 12.6 Å². The predicted octanol–water partition coefficient (Wildman–Crippen LogP) is 5.34. The summed E-state index contributed by atoms with van der Waals surface area (Å²) in [6.07, 6.45) is 9.19. The van der Waals surface area contributed by atoms with Crippen LogP contribution in [0.3, 0.4) is 0 Å².